The highest BCUT2D eigenvalue weighted by molar-refractivity contribution is 7.38. The number of rotatable bonds is 9. The van der Waals surface area contributed by atoms with Gasteiger partial charge in [0.25, 0.3) is 0 Å². The first-order chi connectivity index (χ1) is 9.89. The Kier molecular flexibility index (Phi) is 9.16. The van der Waals surface area contributed by atoms with Crippen molar-refractivity contribution in [1.29, 1.82) is 0 Å². The van der Waals surface area contributed by atoms with Crippen molar-refractivity contribution < 1.29 is 32.9 Å². The highest BCUT2D eigenvalue weighted by Gasteiger charge is 2.41. The molecule has 0 amide bonds. The van der Waals surface area contributed by atoms with E-state index in [1.165, 1.54) is 14.0 Å². The minimum absolute atomic E-state index is 0.206. The van der Waals surface area contributed by atoms with Gasteiger partial charge in [-0.3, -0.25) is 9.36 Å². The van der Waals surface area contributed by atoms with Gasteiger partial charge in [0.15, 0.2) is 18.8 Å². The summed E-state index contributed by atoms with van der Waals surface area (Å²) in [6.07, 6.45) is 9.21. The second kappa shape index (κ2) is 10.0. The van der Waals surface area contributed by atoms with Crippen LogP contribution in [0.25, 0.3) is 0 Å². The molecule has 0 radical (unpaired) electrons. The fourth-order valence-electron chi connectivity index (χ4n) is 1.26. The summed E-state index contributed by atoms with van der Waals surface area (Å²) < 4.78 is 30.8. The van der Waals surface area contributed by atoms with E-state index in [0.29, 0.717) is 0 Å². The molecule has 0 aromatic heterocycles. The van der Waals surface area contributed by atoms with Crippen molar-refractivity contribution in [2.75, 3.05) is 26.7 Å². The van der Waals surface area contributed by atoms with Crippen LogP contribution in [0.1, 0.15) is 13.3 Å². The Morgan fingerprint density at radius 2 is 1.76 bits per heavy atom. The summed E-state index contributed by atoms with van der Waals surface area (Å²) in [5, 5.41) is 0. The van der Waals surface area contributed by atoms with Crippen LogP contribution in [0.3, 0.4) is 0 Å². The van der Waals surface area contributed by atoms with E-state index < -0.39 is 32.0 Å². The van der Waals surface area contributed by atoms with Gasteiger partial charge in [0.05, 0.1) is 6.42 Å². The molecule has 116 valence electrons. The molecule has 0 N–H and O–H groups in total. The molecule has 0 saturated heterocycles. The molecule has 8 heteroatoms. The molecule has 2 unspecified atom stereocenters. The van der Waals surface area contributed by atoms with Gasteiger partial charge in [-0.1, -0.05) is 11.8 Å². The zero-order valence-corrected chi connectivity index (χ0v) is 12.8. The van der Waals surface area contributed by atoms with Crippen LogP contribution >= 0.6 is 8.03 Å². The number of hydrogen-bond donors (Lipinski definition) is 0. The van der Waals surface area contributed by atoms with Crippen molar-refractivity contribution in [2.45, 2.75) is 18.9 Å². The Labute approximate surface area is 124 Å². The van der Waals surface area contributed by atoms with E-state index in [4.69, 9.17) is 22.1 Å². The van der Waals surface area contributed by atoms with Gasteiger partial charge in [0, 0.05) is 7.11 Å². The Hall–Kier alpha value is -1.79. The Morgan fingerprint density at radius 3 is 2.29 bits per heavy atom. The molecular formula is C13H17O7P. The van der Waals surface area contributed by atoms with E-state index in [2.05, 4.69) is 21.3 Å². The van der Waals surface area contributed by atoms with Crippen molar-refractivity contribution in [2.24, 2.45) is 0 Å². The molecule has 0 saturated carbocycles. The van der Waals surface area contributed by atoms with Gasteiger partial charge in [0.1, 0.15) is 6.35 Å². The first kappa shape index (κ1) is 19.2. The number of methoxy groups -OCH3 is 1. The maximum atomic E-state index is 11.9. The molecule has 2 atom stereocenters. The maximum absolute atomic E-state index is 11.9. The van der Waals surface area contributed by atoms with Crippen LogP contribution in [0, 0.1) is 24.7 Å². The number of carbonyl (C=O) groups excluding carboxylic acids is 2. The van der Waals surface area contributed by atoms with Crippen LogP contribution in [0.5, 0.6) is 0 Å². The average Bonchev–Trinajstić information content (AvgIpc) is 2.42. The zero-order chi connectivity index (χ0) is 16.3. The first-order valence-corrected chi connectivity index (χ1v) is 7.32. The van der Waals surface area contributed by atoms with Gasteiger partial charge < -0.3 is 18.7 Å². The number of carbonyl (C=O) groups is 2. The smallest absolute Gasteiger partial charge is 0.340 e. The fourth-order valence-corrected chi connectivity index (χ4v) is 2.21. The third kappa shape index (κ3) is 7.53. The molecule has 0 heterocycles. The molecule has 0 fully saturated rings. The molecule has 0 aliphatic carbocycles. The lowest BCUT2D eigenvalue weighted by Crippen LogP contribution is -2.41. The molecule has 0 spiro atoms. The van der Waals surface area contributed by atoms with E-state index >= 15 is 0 Å². The standard InChI is InChI=1S/C13H17O7P/c1-5-7-18-11(14)9-13(3,12(15)19-8-6-2)20-21(16)10-17-4/h1-2,21H,7-10H2,3-4H3. The molecule has 21 heavy (non-hydrogen) atoms. The summed E-state index contributed by atoms with van der Waals surface area (Å²) in [5.41, 5.74) is -1.79. The number of hydrogen-bond acceptors (Lipinski definition) is 7. The molecule has 0 rings (SSSR count). The summed E-state index contributed by atoms with van der Waals surface area (Å²) in [6.45, 7) is 0.700. The predicted octanol–water partition coefficient (Wildman–Crippen LogP) is 0.583. The first-order valence-electron chi connectivity index (χ1n) is 5.80. The summed E-state index contributed by atoms with van der Waals surface area (Å²) >= 11 is 0. The minimum Gasteiger partial charge on any atom is -0.452 e. The van der Waals surface area contributed by atoms with Crippen molar-refractivity contribution in [3.63, 3.8) is 0 Å². The Bertz CT molecular complexity index is 474. The lowest BCUT2D eigenvalue weighted by molar-refractivity contribution is -0.165. The van der Waals surface area contributed by atoms with Gasteiger partial charge >= 0.3 is 11.9 Å². The highest BCUT2D eigenvalue weighted by Crippen LogP contribution is 2.33. The Balaban J connectivity index is 4.94. The van der Waals surface area contributed by atoms with Crippen LogP contribution in [0.15, 0.2) is 0 Å². The van der Waals surface area contributed by atoms with Crippen LogP contribution < -0.4 is 0 Å². The molecule has 0 aliphatic heterocycles. The lowest BCUT2D eigenvalue weighted by atomic mass is 10.0. The molecule has 0 aromatic rings. The number of esters is 2. The second-order valence-corrected chi connectivity index (χ2v) is 5.20. The van der Waals surface area contributed by atoms with Gasteiger partial charge in [-0.2, -0.15) is 0 Å². The quantitative estimate of drug-likeness (QED) is 0.349. The predicted molar refractivity (Wildman–Crippen MR) is 74.6 cm³/mol. The third-order valence-electron chi connectivity index (χ3n) is 2.12. The fraction of sp³-hybridized carbons (Fsp3) is 0.538. The molecule has 0 bridgehead atoms. The van der Waals surface area contributed by atoms with Crippen molar-refractivity contribution in [1.82, 2.24) is 0 Å². The van der Waals surface area contributed by atoms with Gasteiger partial charge in [-0.25, -0.2) is 4.79 Å². The molecule has 0 aliphatic rings. The molecule has 7 nitrogen and oxygen atoms in total. The summed E-state index contributed by atoms with van der Waals surface area (Å²) in [4.78, 5) is 23.5. The van der Waals surface area contributed by atoms with Gasteiger partial charge in [-0.05, 0) is 6.92 Å². The number of terminal acetylenes is 2. The SMILES string of the molecule is C#CCOC(=O)CC(C)(O[PH](=O)COC)C(=O)OCC#C. The molecular weight excluding hydrogens is 299 g/mol. The third-order valence-corrected chi connectivity index (χ3v) is 3.32. The summed E-state index contributed by atoms with van der Waals surface area (Å²) in [5.74, 6) is 2.49. The van der Waals surface area contributed by atoms with Crippen LogP contribution in [-0.4, -0.2) is 44.2 Å². The van der Waals surface area contributed by atoms with E-state index in [1.807, 2.05) is 0 Å². The lowest BCUT2D eigenvalue weighted by Gasteiger charge is -2.25. The van der Waals surface area contributed by atoms with Gasteiger partial charge in [0.2, 0.25) is 8.03 Å². The van der Waals surface area contributed by atoms with E-state index in [0.717, 1.165) is 0 Å². The topological polar surface area (TPSA) is 88.1 Å². The van der Waals surface area contributed by atoms with Gasteiger partial charge in [-0.15, -0.1) is 12.8 Å². The monoisotopic (exact) mass is 316 g/mol. The zero-order valence-electron chi connectivity index (χ0n) is 11.8. The summed E-state index contributed by atoms with van der Waals surface area (Å²) in [7, 11) is -1.38. The average molecular weight is 316 g/mol. The van der Waals surface area contributed by atoms with E-state index in [-0.39, 0.29) is 19.6 Å². The highest BCUT2D eigenvalue weighted by atomic mass is 31.1. The maximum Gasteiger partial charge on any atom is 0.340 e. The van der Waals surface area contributed by atoms with E-state index in [1.54, 1.807) is 0 Å². The molecule has 0 aromatic carbocycles. The second-order valence-electron chi connectivity index (χ2n) is 3.96. The van der Waals surface area contributed by atoms with E-state index in [9.17, 15) is 14.2 Å². The van der Waals surface area contributed by atoms with Crippen LogP contribution in [0.4, 0.5) is 0 Å². The Morgan fingerprint density at radius 1 is 1.19 bits per heavy atom. The van der Waals surface area contributed by atoms with Crippen LogP contribution in [-0.2, 0) is 32.9 Å². The number of ether oxygens (including phenoxy) is 3. The summed E-state index contributed by atoms with van der Waals surface area (Å²) in [6, 6.07) is 0. The van der Waals surface area contributed by atoms with Crippen LogP contribution in [0.2, 0.25) is 0 Å². The minimum atomic E-state index is -2.70. The van der Waals surface area contributed by atoms with Crippen molar-refractivity contribution in [3.05, 3.63) is 0 Å². The van der Waals surface area contributed by atoms with Crippen molar-refractivity contribution >= 4 is 20.0 Å². The normalized spacial score (nSPS) is 14.1. The van der Waals surface area contributed by atoms with Crippen molar-refractivity contribution in [3.8, 4) is 24.7 Å². The largest absolute Gasteiger partial charge is 0.452 e.